The van der Waals surface area contributed by atoms with Crippen LogP contribution in [-0.2, 0) is 0 Å². The lowest BCUT2D eigenvalue weighted by Gasteiger charge is -2.44. The number of carbonyl (C=O) groups is 1. The second kappa shape index (κ2) is 9.43. The molecule has 2 aromatic carbocycles. The number of pyridine rings is 1. The number of carbonyl (C=O) groups excluding carboxylic acids is 1. The Morgan fingerprint density at radius 1 is 1.03 bits per heavy atom. The predicted octanol–water partition coefficient (Wildman–Crippen LogP) is 7.33. The molecule has 0 atom stereocenters. The van der Waals surface area contributed by atoms with Gasteiger partial charge in [0.1, 0.15) is 11.5 Å². The van der Waals surface area contributed by atoms with E-state index in [9.17, 15) is 9.59 Å². The van der Waals surface area contributed by atoms with Gasteiger partial charge in [0.25, 0.3) is 0 Å². The molecule has 6 nitrogen and oxygen atoms in total. The molecular weight excluding hydrogens is 476 g/mol. The van der Waals surface area contributed by atoms with Crippen LogP contribution in [0.25, 0.3) is 33.4 Å². The number of hydrogen-bond acceptors (Lipinski definition) is 5. The smallest absolute Gasteiger partial charge is 0.415 e. The molecule has 1 aliphatic rings. The zero-order valence-corrected chi connectivity index (χ0v) is 21.2. The largest absolute Gasteiger partial charge is 0.452 e. The molecule has 2 heterocycles. The van der Waals surface area contributed by atoms with Crippen molar-refractivity contribution in [3.63, 3.8) is 0 Å². The fourth-order valence-corrected chi connectivity index (χ4v) is 4.80. The van der Waals surface area contributed by atoms with E-state index in [4.69, 9.17) is 20.8 Å². The summed E-state index contributed by atoms with van der Waals surface area (Å²) in [5.74, 6) is 0.813. The SMILES string of the molecule is CC(C)(C)N(C(=O)Oc1ccc(-c2c(-c3ccccc3)oc3c(Cl)nccc3c2=O)cc1)C1CCC1. The van der Waals surface area contributed by atoms with Crippen LogP contribution < -0.4 is 10.2 Å². The number of amides is 1. The number of benzene rings is 2. The van der Waals surface area contributed by atoms with Gasteiger partial charge in [-0.25, -0.2) is 9.78 Å². The van der Waals surface area contributed by atoms with Gasteiger partial charge in [0.05, 0.1) is 10.9 Å². The number of rotatable bonds is 4. The van der Waals surface area contributed by atoms with Crippen LogP contribution in [0.3, 0.4) is 0 Å². The van der Waals surface area contributed by atoms with Crippen LogP contribution in [0, 0.1) is 0 Å². The minimum atomic E-state index is -0.364. The fraction of sp³-hybridized carbons (Fsp3) is 0.276. The predicted molar refractivity (Wildman–Crippen MR) is 141 cm³/mol. The summed E-state index contributed by atoms with van der Waals surface area (Å²) in [4.78, 5) is 32.5. The number of fused-ring (bicyclic) bond motifs is 1. The molecule has 4 aromatic rings. The zero-order chi connectivity index (χ0) is 25.4. The van der Waals surface area contributed by atoms with Crippen LogP contribution in [0.15, 0.2) is 76.1 Å². The van der Waals surface area contributed by atoms with Gasteiger partial charge in [0.15, 0.2) is 10.7 Å². The van der Waals surface area contributed by atoms with E-state index >= 15 is 0 Å². The minimum Gasteiger partial charge on any atom is -0.452 e. The average Bonchev–Trinajstić information content (AvgIpc) is 2.82. The van der Waals surface area contributed by atoms with Crippen molar-refractivity contribution in [2.75, 3.05) is 0 Å². The van der Waals surface area contributed by atoms with E-state index in [1.54, 1.807) is 30.3 Å². The van der Waals surface area contributed by atoms with E-state index < -0.39 is 0 Å². The van der Waals surface area contributed by atoms with Crippen molar-refractivity contribution >= 4 is 28.7 Å². The molecule has 5 rings (SSSR count). The van der Waals surface area contributed by atoms with Gasteiger partial charge in [-0.15, -0.1) is 0 Å². The second-order valence-electron chi connectivity index (χ2n) is 10.00. The van der Waals surface area contributed by atoms with Gasteiger partial charge in [-0.1, -0.05) is 54.1 Å². The molecule has 1 aliphatic carbocycles. The van der Waals surface area contributed by atoms with E-state index in [2.05, 4.69) is 4.98 Å². The third-order valence-corrected chi connectivity index (χ3v) is 6.78. The molecular formula is C29H27ClN2O4. The molecule has 0 aliphatic heterocycles. The Balaban J connectivity index is 1.53. The summed E-state index contributed by atoms with van der Waals surface area (Å²) in [6, 6.07) is 18.1. The van der Waals surface area contributed by atoms with Crippen LogP contribution in [0.2, 0.25) is 5.15 Å². The standard InChI is InChI=1S/C29H27ClN2O4/c1-29(2,3)32(20-10-7-11-20)28(34)35-21-14-12-18(13-15-21)23-24(33)22-16-17-31-27(30)26(22)36-25(23)19-8-5-4-6-9-19/h4-6,8-9,12-17,20H,7,10-11H2,1-3H3. The van der Waals surface area contributed by atoms with Crippen molar-refractivity contribution in [1.29, 1.82) is 0 Å². The summed E-state index contributed by atoms with van der Waals surface area (Å²) in [5.41, 5.74) is 1.47. The monoisotopic (exact) mass is 502 g/mol. The van der Waals surface area contributed by atoms with E-state index in [0.29, 0.717) is 28.0 Å². The van der Waals surface area contributed by atoms with Crippen molar-refractivity contribution in [3.8, 4) is 28.2 Å². The summed E-state index contributed by atoms with van der Waals surface area (Å²) in [7, 11) is 0. The molecule has 0 N–H and O–H groups in total. The van der Waals surface area contributed by atoms with Crippen LogP contribution in [0.5, 0.6) is 5.75 Å². The molecule has 184 valence electrons. The Labute approximate surface area is 214 Å². The third-order valence-electron chi connectivity index (χ3n) is 6.51. The van der Waals surface area contributed by atoms with Crippen molar-refractivity contribution in [1.82, 2.24) is 9.88 Å². The number of ether oxygens (including phenoxy) is 1. The molecule has 0 unspecified atom stereocenters. The molecule has 7 heteroatoms. The molecule has 0 spiro atoms. The van der Waals surface area contributed by atoms with Crippen molar-refractivity contribution in [3.05, 3.63) is 82.2 Å². The number of aromatic nitrogens is 1. The molecule has 1 fully saturated rings. The van der Waals surface area contributed by atoms with Crippen molar-refractivity contribution < 1.29 is 13.9 Å². The lowest BCUT2D eigenvalue weighted by Crippen LogP contribution is -2.55. The Morgan fingerprint density at radius 2 is 1.72 bits per heavy atom. The van der Waals surface area contributed by atoms with E-state index in [1.807, 2.05) is 56.0 Å². The van der Waals surface area contributed by atoms with E-state index in [1.165, 1.54) is 6.20 Å². The highest BCUT2D eigenvalue weighted by atomic mass is 35.5. The van der Waals surface area contributed by atoms with Crippen LogP contribution in [0.1, 0.15) is 40.0 Å². The lowest BCUT2D eigenvalue weighted by atomic mass is 9.88. The first kappa shape index (κ1) is 24.1. The maximum Gasteiger partial charge on any atom is 0.415 e. The maximum atomic E-state index is 13.6. The van der Waals surface area contributed by atoms with Gasteiger partial charge in [-0.05, 0) is 63.8 Å². The first-order chi connectivity index (χ1) is 17.2. The van der Waals surface area contributed by atoms with Crippen LogP contribution >= 0.6 is 11.6 Å². The average molecular weight is 503 g/mol. The van der Waals surface area contributed by atoms with Gasteiger partial charge in [0, 0.05) is 23.3 Å². The van der Waals surface area contributed by atoms with Crippen LogP contribution in [-0.4, -0.2) is 27.6 Å². The molecule has 2 aromatic heterocycles. The number of halogens is 1. The molecule has 1 saturated carbocycles. The Hall–Kier alpha value is -3.64. The maximum absolute atomic E-state index is 13.6. The van der Waals surface area contributed by atoms with Gasteiger partial charge in [-0.2, -0.15) is 0 Å². The molecule has 0 bridgehead atoms. The van der Waals surface area contributed by atoms with Crippen molar-refractivity contribution in [2.45, 2.75) is 51.6 Å². The summed E-state index contributed by atoms with van der Waals surface area (Å²) < 4.78 is 11.9. The summed E-state index contributed by atoms with van der Waals surface area (Å²) in [5, 5.41) is 0.479. The molecule has 0 saturated heterocycles. The lowest BCUT2D eigenvalue weighted by molar-refractivity contribution is 0.0469. The van der Waals surface area contributed by atoms with Gasteiger partial charge >= 0.3 is 6.09 Å². The summed E-state index contributed by atoms with van der Waals surface area (Å²) >= 11 is 6.25. The Kier molecular flexibility index (Phi) is 6.31. The zero-order valence-electron chi connectivity index (χ0n) is 20.5. The molecule has 36 heavy (non-hydrogen) atoms. The normalized spacial score (nSPS) is 13.9. The van der Waals surface area contributed by atoms with E-state index in [-0.39, 0.29) is 33.8 Å². The number of nitrogens with zero attached hydrogens (tertiary/aromatic N) is 2. The van der Waals surface area contributed by atoms with Crippen LogP contribution in [0.4, 0.5) is 4.79 Å². The van der Waals surface area contributed by atoms with Gasteiger partial charge in [-0.3, -0.25) is 4.79 Å². The number of hydrogen-bond donors (Lipinski definition) is 0. The van der Waals surface area contributed by atoms with Crippen molar-refractivity contribution in [2.24, 2.45) is 0 Å². The van der Waals surface area contributed by atoms with Gasteiger partial charge in [0.2, 0.25) is 5.43 Å². The summed E-state index contributed by atoms with van der Waals surface area (Å²) in [6.07, 6.45) is 4.23. The topological polar surface area (TPSA) is 72.6 Å². The highest BCUT2D eigenvalue weighted by molar-refractivity contribution is 6.33. The Bertz CT molecular complexity index is 1470. The fourth-order valence-electron chi connectivity index (χ4n) is 4.60. The highest BCUT2D eigenvalue weighted by Gasteiger charge is 2.37. The molecule has 1 amide bonds. The van der Waals surface area contributed by atoms with Gasteiger partial charge < -0.3 is 14.1 Å². The highest BCUT2D eigenvalue weighted by Crippen LogP contribution is 2.35. The summed E-state index contributed by atoms with van der Waals surface area (Å²) in [6.45, 7) is 6.05. The Morgan fingerprint density at radius 3 is 2.33 bits per heavy atom. The molecule has 0 radical (unpaired) electrons. The second-order valence-corrected chi connectivity index (χ2v) is 10.4. The quantitative estimate of drug-likeness (QED) is 0.273. The van der Waals surface area contributed by atoms with E-state index in [0.717, 1.165) is 24.8 Å². The minimum absolute atomic E-state index is 0.130. The third kappa shape index (κ3) is 4.49. The first-order valence-electron chi connectivity index (χ1n) is 12.0. The first-order valence-corrected chi connectivity index (χ1v) is 12.4.